The van der Waals surface area contributed by atoms with Crippen LogP contribution >= 0.6 is 11.3 Å². The molecule has 0 radical (unpaired) electrons. The molecule has 0 saturated heterocycles. The zero-order valence-corrected chi connectivity index (χ0v) is 13.9. The quantitative estimate of drug-likeness (QED) is 0.797. The fourth-order valence-electron chi connectivity index (χ4n) is 2.99. The second kappa shape index (κ2) is 6.22. The van der Waals surface area contributed by atoms with Gasteiger partial charge in [0.15, 0.2) is 4.96 Å². The van der Waals surface area contributed by atoms with E-state index in [0.717, 1.165) is 35.7 Å². The van der Waals surface area contributed by atoms with Crippen LogP contribution in [0, 0.1) is 0 Å². The van der Waals surface area contributed by atoms with Gasteiger partial charge in [-0.3, -0.25) is 14.1 Å². The first kappa shape index (κ1) is 15.1. The average Bonchev–Trinajstić information content (AvgIpc) is 3.05. The molecule has 0 amide bonds. The van der Waals surface area contributed by atoms with Gasteiger partial charge in [0.05, 0.1) is 5.69 Å². The van der Waals surface area contributed by atoms with Gasteiger partial charge < -0.3 is 5.11 Å². The summed E-state index contributed by atoms with van der Waals surface area (Å²) in [6.07, 6.45) is 4.92. The number of phenols is 1. The number of hydrogen-bond acceptors (Lipinski definition) is 5. The Morgan fingerprint density at radius 3 is 2.83 bits per heavy atom. The van der Waals surface area contributed by atoms with Crippen LogP contribution in [0.15, 0.2) is 52.8 Å². The minimum atomic E-state index is -0.0198. The Morgan fingerprint density at radius 1 is 1.25 bits per heavy atom. The standard InChI is InChI=1S/C18H17N3O2S/c22-16-3-1-13(2-4-16)14-5-7-20(8-6-14)12-15-11-17(23)21-9-10-24-18(21)19-15/h1-5,9-11,22H,6-8,12H2. The maximum atomic E-state index is 12.0. The fourth-order valence-corrected chi connectivity index (χ4v) is 3.73. The highest BCUT2D eigenvalue weighted by Gasteiger charge is 2.14. The summed E-state index contributed by atoms with van der Waals surface area (Å²) >= 11 is 1.48. The van der Waals surface area contributed by atoms with E-state index in [4.69, 9.17) is 0 Å². The molecule has 1 aliphatic rings. The van der Waals surface area contributed by atoms with E-state index in [9.17, 15) is 9.90 Å². The summed E-state index contributed by atoms with van der Waals surface area (Å²) in [7, 11) is 0. The van der Waals surface area contributed by atoms with Crippen LogP contribution in [-0.2, 0) is 6.54 Å². The van der Waals surface area contributed by atoms with Crippen molar-refractivity contribution in [1.29, 1.82) is 0 Å². The molecule has 0 saturated carbocycles. The second-order valence-corrected chi connectivity index (χ2v) is 6.78. The van der Waals surface area contributed by atoms with Crippen LogP contribution in [0.1, 0.15) is 17.7 Å². The summed E-state index contributed by atoms with van der Waals surface area (Å²) in [5.74, 6) is 0.290. The smallest absolute Gasteiger partial charge is 0.258 e. The number of nitrogens with zero attached hydrogens (tertiary/aromatic N) is 3. The molecule has 2 aromatic heterocycles. The SMILES string of the molecule is O=c1cc(CN2CC=C(c3ccc(O)cc3)CC2)nc2sccn12. The van der Waals surface area contributed by atoms with Gasteiger partial charge in [0.1, 0.15) is 5.75 Å². The lowest BCUT2D eigenvalue weighted by Crippen LogP contribution is -2.29. The maximum Gasteiger partial charge on any atom is 0.258 e. The molecule has 5 nitrogen and oxygen atoms in total. The monoisotopic (exact) mass is 339 g/mol. The first-order chi connectivity index (χ1) is 11.7. The lowest BCUT2D eigenvalue weighted by Gasteiger charge is -2.26. The predicted molar refractivity (Wildman–Crippen MR) is 95.3 cm³/mol. The van der Waals surface area contributed by atoms with Crippen molar-refractivity contribution < 1.29 is 5.11 Å². The van der Waals surface area contributed by atoms with E-state index in [1.165, 1.54) is 16.9 Å². The first-order valence-electron chi connectivity index (χ1n) is 7.85. The number of rotatable bonds is 3. The van der Waals surface area contributed by atoms with Gasteiger partial charge in [-0.15, -0.1) is 11.3 Å². The summed E-state index contributed by atoms with van der Waals surface area (Å²) < 4.78 is 1.58. The van der Waals surface area contributed by atoms with E-state index in [-0.39, 0.29) is 11.3 Å². The Morgan fingerprint density at radius 2 is 2.08 bits per heavy atom. The zero-order valence-electron chi connectivity index (χ0n) is 13.1. The van der Waals surface area contributed by atoms with Gasteiger partial charge in [0.2, 0.25) is 0 Å². The number of aromatic hydroxyl groups is 1. The number of hydrogen-bond donors (Lipinski definition) is 1. The van der Waals surface area contributed by atoms with Crippen molar-refractivity contribution in [2.45, 2.75) is 13.0 Å². The van der Waals surface area contributed by atoms with Crippen LogP contribution < -0.4 is 5.56 Å². The van der Waals surface area contributed by atoms with Crippen LogP contribution in [0.4, 0.5) is 0 Å². The van der Waals surface area contributed by atoms with Crippen molar-refractivity contribution >= 4 is 21.9 Å². The molecule has 0 fully saturated rings. The zero-order chi connectivity index (χ0) is 16.5. The van der Waals surface area contributed by atoms with Gasteiger partial charge in [-0.2, -0.15) is 0 Å². The van der Waals surface area contributed by atoms with Gasteiger partial charge in [-0.05, 0) is 29.7 Å². The average molecular weight is 339 g/mol. The molecule has 1 aliphatic heterocycles. The highest BCUT2D eigenvalue weighted by Crippen LogP contribution is 2.24. The lowest BCUT2D eigenvalue weighted by molar-refractivity contribution is 0.290. The van der Waals surface area contributed by atoms with Gasteiger partial charge in [0, 0.05) is 37.3 Å². The minimum Gasteiger partial charge on any atom is -0.508 e. The first-order valence-corrected chi connectivity index (χ1v) is 8.73. The van der Waals surface area contributed by atoms with E-state index >= 15 is 0 Å². The van der Waals surface area contributed by atoms with Crippen LogP contribution in [0.3, 0.4) is 0 Å². The lowest BCUT2D eigenvalue weighted by atomic mass is 9.99. The van der Waals surface area contributed by atoms with Gasteiger partial charge in [-0.1, -0.05) is 18.2 Å². The van der Waals surface area contributed by atoms with Crippen LogP contribution in [0.25, 0.3) is 10.5 Å². The van der Waals surface area contributed by atoms with Crippen LogP contribution in [0.5, 0.6) is 5.75 Å². The Kier molecular flexibility index (Phi) is 3.92. The maximum absolute atomic E-state index is 12.0. The Hall–Kier alpha value is -2.44. The summed E-state index contributed by atoms with van der Waals surface area (Å²) in [4.78, 5) is 19.6. The number of fused-ring (bicyclic) bond motifs is 1. The topological polar surface area (TPSA) is 57.8 Å². The summed E-state index contributed by atoms with van der Waals surface area (Å²) in [6.45, 7) is 2.45. The second-order valence-electron chi connectivity index (χ2n) is 5.90. The van der Waals surface area contributed by atoms with E-state index < -0.39 is 0 Å². The van der Waals surface area contributed by atoms with E-state index in [0.29, 0.717) is 6.54 Å². The molecule has 3 heterocycles. The van der Waals surface area contributed by atoms with E-state index in [2.05, 4.69) is 16.0 Å². The molecule has 0 atom stereocenters. The molecule has 24 heavy (non-hydrogen) atoms. The highest BCUT2D eigenvalue weighted by molar-refractivity contribution is 7.15. The summed E-state index contributed by atoms with van der Waals surface area (Å²) in [5, 5.41) is 11.3. The van der Waals surface area contributed by atoms with Crippen molar-refractivity contribution in [3.8, 4) is 5.75 Å². The largest absolute Gasteiger partial charge is 0.508 e. The van der Waals surface area contributed by atoms with Crippen molar-refractivity contribution in [2.24, 2.45) is 0 Å². The molecular weight excluding hydrogens is 322 g/mol. The van der Waals surface area contributed by atoms with Crippen LogP contribution in [0.2, 0.25) is 0 Å². The molecule has 0 spiro atoms. The number of phenolic OH excluding ortho intramolecular Hbond substituents is 1. The molecular formula is C18H17N3O2S. The van der Waals surface area contributed by atoms with Crippen molar-refractivity contribution in [1.82, 2.24) is 14.3 Å². The molecule has 0 bridgehead atoms. The van der Waals surface area contributed by atoms with Crippen molar-refractivity contribution in [2.75, 3.05) is 13.1 Å². The fraction of sp³-hybridized carbons (Fsp3) is 0.222. The third kappa shape index (κ3) is 2.98. The highest BCUT2D eigenvalue weighted by atomic mass is 32.1. The Bertz CT molecular complexity index is 956. The molecule has 3 aromatic rings. The molecule has 4 rings (SSSR count). The van der Waals surface area contributed by atoms with Gasteiger partial charge >= 0.3 is 0 Å². The molecule has 0 aliphatic carbocycles. The van der Waals surface area contributed by atoms with Crippen molar-refractivity contribution in [3.05, 3.63) is 69.6 Å². The normalized spacial score (nSPS) is 15.6. The third-order valence-electron chi connectivity index (χ3n) is 4.27. The number of aromatic nitrogens is 2. The predicted octanol–water partition coefficient (Wildman–Crippen LogP) is 2.75. The van der Waals surface area contributed by atoms with Crippen molar-refractivity contribution in [3.63, 3.8) is 0 Å². The molecule has 1 aromatic carbocycles. The Balaban J connectivity index is 1.48. The summed E-state index contributed by atoms with van der Waals surface area (Å²) in [5.41, 5.74) is 3.26. The molecule has 6 heteroatoms. The molecule has 1 N–H and O–H groups in total. The summed E-state index contributed by atoms with van der Waals surface area (Å²) in [6, 6.07) is 8.96. The Labute approximate surface area is 143 Å². The third-order valence-corrected chi connectivity index (χ3v) is 5.03. The number of thiazole rings is 1. The number of benzene rings is 1. The van der Waals surface area contributed by atoms with Gasteiger partial charge in [-0.25, -0.2) is 4.98 Å². The minimum absolute atomic E-state index is 0.0198. The van der Waals surface area contributed by atoms with Gasteiger partial charge in [0.25, 0.3) is 5.56 Å². The van der Waals surface area contributed by atoms with Crippen LogP contribution in [-0.4, -0.2) is 32.5 Å². The van der Waals surface area contributed by atoms with E-state index in [1.54, 1.807) is 28.8 Å². The van der Waals surface area contributed by atoms with E-state index in [1.807, 2.05) is 17.5 Å². The molecule has 122 valence electrons. The molecule has 0 unspecified atom stereocenters.